The largest absolute Gasteiger partial charge is 0.465 e. The van der Waals surface area contributed by atoms with Gasteiger partial charge in [-0.1, -0.05) is 12.8 Å². The Balaban J connectivity index is 1.18. The number of benzene rings is 1. The van der Waals surface area contributed by atoms with Crippen LogP contribution in [0.25, 0.3) is 0 Å². The number of nitrogens with one attached hydrogen (secondary N) is 2. The number of rotatable bonds is 6. The van der Waals surface area contributed by atoms with E-state index >= 15 is 0 Å². The Morgan fingerprint density at radius 3 is 2.09 bits per heavy atom. The first-order valence-electron chi connectivity index (χ1n) is 11.9. The van der Waals surface area contributed by atoms with Crippen LogP contribution in [0.1, 0.15) is 51.4 Å². The summed E-state index contributed by atoms with van der Waals surface area (Å²) in [5, 5.41) is 14.7. The van der Waals surface area contributed by atoms with Gasteiger partial charge in [0.15, 0.2) is 0 Å². The van der Waals surface area contributed by atoms with Crippen LogP contribution in [0.4, 0.5) is 16.2 Å². The zero-order valence-corrected chi connectivity index (χ0v) is 18.6. The summed E-state index contributed by atoms with van der Waals surface area (Å²) in [5.41, 5.74) is 2.10. The van der Waals surface area contributed by atoms with Gasteiger partial charge in [0.25, 0.3) is 0 Å². The van der Waals surface area contributed by atoms with Gasteiger partial charge in [0.05, 0.1) is 0 Å². The van der Waals surface area contributed by atoms with Crippen LogP contribution < -0.4 is 15.5 Å². The number of nitrogens with zero attached hydrogens (tertiary/aromatic N) is 2. The van der Waals surface area contributed by atoms with Crippen LogP contribution in [0.2, 0.25) is 0 Å². The highest BCUT2D eigenvalue weighted by molar-refractivity contribution is 6.01. The molecule has 8 nitrogen and oxygen atoms in total. The predicted octanol–water partition coefficient (Wildman–Crippen LogP) is 3.29. The summed E-state index contributed by atoms with van der Waals surface area (Å²) >= 11 is 0. The van der Waals surface area contributed by atoms with Crippen molar-refractivity contribution in [2.45, 2.75) is 57.4 Å². The lowest BCUT2D eigenvalue weighted by Crippen LogP contribution is -2.47. The highest BCUT2D eigenvalue weighted by atomic mass is 16.4. The van der Waals surface area contributed by atoms with Crippen molar-refractivity contribution in [1.82, 2.24) is 10.2 Å². The number of amides is 3. The topological polar surface area (TPSA) is 102 Å². The molecule has 0 spiro atoms. The van der Waals surface area contributed by atoms with Gasteiger partial charge in [0, 0.05) is 44.0 Å². The fourth-order valence-corrected chi connectivity index (χ4v) is 5.17. The molecular weight excluding hydrogens is 408 g/mol. The smallest absolute Gasteiger partial charge is 0.407 e. The number of anilines is 2. The van der Waals surface area contributed by atoms with E-state index in [4.69, 9.17) is 5.11 Å². The molecule has 1 aromatic rings. The van der Waals surface area contributed by atoms with Crippen molar-refractivity contribution in [2.24, 2.45) is 11.8 Å². The fraction of sp³-hybridized carbons (Fsp3) is 0.625. The molecule has 3 amide bonds. The molecular formula is C24H34N4O4. The summed E-state index contributed by atoms with van der Waals surface area (Å²) in [5.74, 6) is 0.987. The van der Waals surface area contributed by atoms with Gasteiger partial charge in [-0.15, -0.1) is 0 Å². The molecule has 0 radical (unpaired) electrons. The maximum absolute atomic E-state index is 11.9. The molecule has 0 bridgehead atoms. The van der Waals surface area contributed by atoms with Gasteiger partial charge >= 0.3 is 6.09 Å². The lowest BCUT2D eigenvalue weighted by molar-refractivity contribution is -0.133. The van der Waals surface area contributed by atoms with Crippen LogP contribution in [-0.2, 0) is 9.59 Å². The standard InChI is InChI=1S/C24H34N4O4/c29-22-8-7-21(23(30)26-22)25-19-3-5-20(6-4-19)27-13-9-17(10-14-27)1-2-18-11-15-28(16-12-18)24(31)32/h3-6,17-18,21,25H,1-2,7-16H2,(H,31,32)(H,26,29,30). The summed E-state index contributed by atoms with van der Waals surface area (Å²) in [4.78, 5) is 38.2. The Morgan fingerprint density at radius 2 is 1.53 bits per heavy atom. The first-order chi connectivity index (χ1) is 15.5. The monoisotopic (exact) mass is 442 g/mol. The van der Waals surface area contributed by atoms with E-state index in [1.165, 1.54) is 31.4 Å². The van der Waals surface area contributed by atoms with Gasteiger partial charge in [-0.25, -0.2) is 4.79 Å². The number of hydrogen-bond acceptors (Lipinski definition) is 5. The van der Waals surface area contributed by atoms with E-state index in [9.17, 15) is 14.4 Å². The minimum absolute atomic E-state index is 0.199. The molecule has 3 fully saturated rings. The molecule has 3 aliphatic rings. The van der Waals surface area contributed by atoms with Gasteiger partial charge in [0.2, 0.25) is 11.8 Å². The molecule has 0 saturated carbocycles. The molecule has 1 unspecified atom stereocenters. The third-order valence-electron chi connectivity index (χ3n) is 7.30. The minimum atomic E-state index is -0.782. The number of piperidine rings is 3. The molecule has 0 aliphatic carbocycles. The number of carbonyl (C=O) groups excluding carboxylic acids is 2. The molecule has 32 heavy (non-hydrogen) atoms. The molecule has 8 heteroatoms. The Labute approximate surface area is 189 Å². The van der Waals surface area contributed by atoms with E-state index in [1.807, 2.05) is 12.1 Å². The van der Waals surface area contributed by atoms with E-state index < -0.39 is 6.09 Å². The Kier molecular flexibility index (Phi) is 7.17. The number of carbonyl (C=O) groups is 3. The van der Waals surface area contributed by atoms with Crippen LogP contribution in [0, 0.1) is 11.8 Å². The summed E-state index contributed by atoms with van der Waals surface area (Å²) in [7, 11) is 0. The highest BCUT2D eigenvalue weighted by Gasteiger charge is 2.27. The second-order valence-electron chi connectivity index (χ2n) is 9.42. The third kappa shape index (κ3) is 5.72. The zero-order valence-electron chi connectivity index (χ0n) is 18.6. The van der Waals surface area contributed by atoms with Crippen LogP contribution in [0.3, 0.4) is 0 Å². The molecule has 3 saturated heterocycles. The van der Waals surface area contributed by atoms with Crippen molar-refractivity contribution in [3.8, 4) is 0 Å². The molecule has 1 atom stereocenters. The summed E-state index contributed by atoms with van der Waals surface area (Å²) in [6.07, 6.45) is 6.99. The van der Waals surface area contributed by atoms with E-state index in [0.717, 1.165) is 37.5 Å². The molecule has 3 heterocycles. The molecule has 0 aromatic heterocycles. The normalized spacial score (nSPS) is 23.2. The maximum atomic E-state index is 11.9. The first-order valence-corrected chi connectivity index (χ1v) is 11.9. The van der Waals surface area contributed by atoms with Crippen molar-refractivity contribution in [2.75, 3.05) is 36.4 Å². The van der Waals surface area contributed by atoms with E-state index in [1.54, 1.807) is 4.90 Å². The van der Waals surface area contributed by atoms with Gasteiger partial charge < -0.3 is 20.2 Å². The van der Waals surface area contributed by atoms with Crippen molar-refractivity contribution >= 4 is 29.3 Å². The van der Waals surface area contributed by atoms with Crippen molar-refractivity contribution < 1.29 is 19.5 Å². The molecule has 174 valence electrons. The SMILES string of the molecule is O=C1CCC(Nc2ccc(N3CCC(CCC4CCN(C(=O)O)CC4)CC3)cc2)C(=O)N1. The maximum Gasteiger partial charge on any atom is 0.407 e. The predicted molar refractivity (Wildman–Crippen MR) is 123 cm³/mol. The van der Waals surface area contributed by atoms with Gasteiger partial charge in [0.1, 0.15) is 6.04 Å². The minimum Gasteiger partial charge on any atom is -0.465 e. The van der Waals surface area contributed by atoms with Gasteiger partial charge in [-0.2, -0.15) is 0 Å². The summed E-state index contributed by atoms with van der Waals surface area (Å²) in [6.45, 7) is 3.49. The van der Waals surface area contributed by atoms with Gasteiger partial charge in [-0.3, -0.25) is 14.9 Å². The van der Waals surface area contributed by atoms with Crippen LogP contribution in [0.15, 0.2) is 24.3 Å². The Morgan fingerprint density at radius 1 is 0.938 bits per heavy atom. The second kappa shape index (κ2) is 10.2. The Hall–Kier alpha value is -2.77. The van der Waals surface area contributed by atoms with Crippen LogP contribution in [0.5, 0.6) is 0 Å². The molecule has 4 rings (SSSR count). The van der Waals surface area contributed by atoms with Crippen molar-refractivity contribution in [1.29, 1.82) is 0 Å². The quantitative estimate of drug-likeness (QED) is 0.585. The third-order valence-corrected chi connectivity index (χ3v) is 7.30. The zero-order chi connectivity index (χ0) is 22.5. The lowest BCUT2D eigenvalue weighted by atomic mass is 9.85. The van der Waals surface area contributed by atoms with Crippen LogP contribution >= 0.6 is 0 Å². The molecule has 1 aromatic carbocycles. The van der Waals surface area contributed by atoms with E-state index in [-0.39, 0.29) is 17.9 Å². The van der Waals surface area contributed by atoms with E-state index in [0.29, 0.717) is 31.8 Å². The fourth-order valence-electron chi connectivity index (χ4n) is 5.17. The average molecular weight is 443 g/mol. The average Bonchev–Trinajstić information content (AvgIpc) is 2.81. The molecule has 3 aliphatic heterocycles. The van der Waals surface area contributed by atoms with E-state index in [2.05, 4.69) is 27.7 Å². The molecule has 3 N–H and O–H groups in total. The van der Waals surface area contributed by atoms with Crippen molar-refractivity contribution in [3.63, 3.8) is 0 Å². The number of hydrogen-bond donors (Lipinski definition) is 3. The highest BCUT2D eigenvalue weighted by Crippen LogP contribution is 2.30. The summed E-state index contributed by atoms with van der Waals surface area (Å²) in [6, 6.07) is 7.87. The first kappa shape index (κ1) is 22.4. The number of imide groups is 1. The van der Waals surface area contributed by atoms with Gasteiger partial charge in [-0.05, 0) is 68.2 Å². The number of carboxylic acid groups (broad SMARTS) is 1. The lowest BCUT2D eigenvalue weighted by Gasteiger charge is -2.35. The van der Waals surface area contributed by atoms with Crippen molar-refractivity contribution in [3.05, 3.63) is 24.3 Å². The second-order valence-corrected chi connectivity index (χ2v) is 9.42. The number of likely N-dealkylation sites (tertiary alicyclic amines) is 1. The summed E-state index contributed by atoms with van der Waals surface area (Å²) < 4.78 is 0. The van der Waals surface area contributed by atoms with Crippen LogP contribution in [-0.4, -0.2) is 60.1 Å². The Bertz CT molecular complexity index is 812.